The zero-order valence-corrected chi connectivity index (χ0v) is 11.7. The van der Waals surface area contributed by atoms with Crippen molar-refractivity contribution in [2.75, 3.05) is 12.4 Å². The van der Waals surface area contributed by atoms with Gasteiger partial charge in [0.1, 0.15) is 24.3 Å². The summed E-state index contributed by atoms with van der Waals surface area (Å²) in [7, 11) is 1.66. The second-order valence-corrected chi connectivity index (χ2v) is 3.74. The minimum atomic E-state index is 0.225. The Morgan fingerprint density at radius 3 is 1.81 bits per heavy atom. The highest BCUT2D eigenvalue weighted by molar-refractivity contribution is 5.98. The molecule has 6 heteroatoms. The number of allylic oxidation sites excluding steroid dienone is 1. The lowest BCUT2D eigenvalue weighted by atomic mass is 10.0. The molecule has 0 spiro atoms. The van der Waals surface area contributed by atoms with E-state index in [9.17, 15) is 0 Å². The average Bonchev–Trinajstić information content (AvgIpc) is 2.52. The largest absolute Gasteiger partial charge is 0.387 e. The quantitative estimate of drug-likeness (QED) is 0.632. The van der Waals surface area contributed by atoms with E-state index in [1.807, 2.05) is 18.2 Å². The van der Waals surface area contributed by atoms with E-state index in [0.29, 0.717) is 11.3 Å². The van der Waals surface area contributed by atoms with Crippen molar-refractivity contribution in [3.63, 3.8) is 0 Å². The highest BCUT2D eigenvalue weighted by Gasteiger charge is 2.07. The SMILES string of the molecule is C=C(C#N)C(C)=N.CNc1cc(C#N)c(C#N)cc1C#N. The van der Waals surface area contributed by atoms with Crippen LogP contribution in [-0.2, 0) is 0 Å². The number of anilines is 1. The maximum absolute atomic E-state index is 8.75. The second-order valence-electron chi connectivity index (χ2n) is 3.74. The lowest BCUT2D eigenvalue weighted by molar-refractivity contribution is 1.38. The highest BCUT2D eigenvalue weighted by atomic mass is 14.8. The van der Waals surface area contributed by atoms with E-state index >= 15 is 0 Å². The second kappa shape index (κ2) is 8.48. The van der Waals surface area contributed by atoms with E-state index in [2.05, 4.69) is 11.9 Å². The number of hydrogen-bond acceptors (Lipinski definition) is 6. The first kappa shape index (κ1) is 17.4. The first-order chi connectivity index (χ1) is 9.94. The number of rotatable bonds is 2. The Labute approximate surface area is 123 Å². The number of nitrogens with one attached hydrogen (secondary N) is 2. The van der Waals surface area contributed by atoms with Crippen LogP contribution >= 0.6 is 0 Å². The van der Waals surface area contributed by atoms with Gasteiger partial charge in [0.25, 0.3) is 0 Å². The molecule has 21 heavy (non-hydrogen) atoms. The Kier molecular flexibility index (Phi) is 7.03. The van der Waals surface area contributed by atoms with Crippen molar-refractivity contribution >= 4 is 11.4 Å². The van der Waals surface area contributed by atoms with E-state index in [1.165, 1.54) is 19.1 Å². The maximum Gasteiger partial charge on any atom is 0.101 e. The molecule has 0 unspecified atom stereocenters. The molecule has 1 aromatic rings. The summed E-state index contributed by atoms with van der Waals surface area (Å²) in [5.74, 6) is 0. The Morgan fingerprint density at radius 2 is 1.52 bits per heavy atom. The van der Waals surface area contributed by atoms with E-state index < -0.39 is 0 Å². The third-order valence-corrected chi connectivity index (χ3v) is 2.38. The lowest BCUT2D eigenvalue weighted by Crippen LogP contribution is -1.95. The Hall–Kier alpha value is -3.61. The molecule has 0 aromatic heterocycles. The van der Waals surface area contributed by atoms with E-state index in [-0.39, 0.29) is 22.4 Å². The molecule has 0 bridgehead atoms. The van der Waals surface area contributed by atoms with Crippen LogP contribution in [0.4, 0.5) is 5.69 Å². The predicted molar refractivity (Wildman–Crippen MR) is 78.3 cm³/mol. The molecule has 102 valence electrons. The predicted octanol–water partition coefficient (Wildman–Crippen LogP) is 2.45. The van der Waals surface area contributed by atoms with Gasteiger partial charge in [0, 0.05) is 12.8 Å². The summed E-state index contributed by atoms with van der Waals surface area (Å²) in [4.78, 5) is 0. The van der Waals surface area contributed by atoms with Crippen molar-refractivity contribution in [3.8, 4) is 24.3 Å². The molecule has 0 saturated heterocycles. The van der Waals surface area contributed by atoms with Gasteiger partial charge in [-0.05, 0) is 19.1 Å². The summed E-state index contributed by atoms with van der Waals surface area (Å²) >= 11 is 0. The highest BCUT2D eigenvalue weighted by Crippen LogP contribution is 2.19. The minimum Gasteiger partial charge on any atom is -0.387 e. The number of hydrogen-bond donors (Lipinski definition) is 2. The summed E-state index contributed by atoms with van der Waals surface area (Å²) in [6.07, 6.45) is 0. The molecule has 0 aliphatic carbocycles. The molecule has 0 atom stereocenters. The summed E-state index contributed by atoms with van der Waals surface area (Å²) in [6, 6.07) is 10.4. The van der Waals surface area contributed by atoms with Gasteiger partial charge in [-0.25, -0.2) is 0 Å². The molecule has 0 radical (unpaired) electrons. The van der Waals surface area contributed by atoms with Crippen LogP contribution in [0.5, 0.6) is 0 Å². The molecular formula is C15H12N6. The molecule has 0 saturated carbocycles. The monoisotopic (exact) mass is 276 g/mol. The molecular weight excluding hydrogens is 264 g/mol. The van der Waals surface area contributed by atoms with Crippen molar-refractivity contribution in [3.05, 3.63) is 41.0 Å². The van der Waals surface area contributed by atoms with Crippen LogP contribution in [0.1, 0.15) is 23.6 Å². The van der Waals surface area contributed by atoms with Crippen molar-refractivity contribution in [1.29, 1.82) is 26.5 Å². The fraction of sp³-hybridized carbons (Fsp3) is 0.133. The van der Waals surface area contributed by atoms with E-state index in [0.717, 1.165) is 0 Å². The average molecular weight is 276 g/mol. The molecule has 0 heterocycles. The fourth-order valence-corrected chi connectivity index (χ4v) is 1.17. The van der Waals surface area contributed by atoms with Gasteiger partial charge in [0.2, 0.25) is 0 Å². The molecule has 2 N–H and O–H groups in total. The Bertz CT molecular complexity index is 732. The molecule has 0 aliphatic heterocycles. The number of benzene rings is 1. The first-order valence-electron chi connectivity index (χ1n) is 5.65. The summed E-state index contributed by atoms with van der Waals surface area (Å²) in [5.41, 5.74) is 1.90. The maximum atomic E-state index is 8.75. The third-order valence-electron chi connectivity index (χ3n) is 2.38. The van der Waals surface area contributed by atoms with Crippen molar-refractivity contribution in [2.24, 2.45) is 0 Å². The van der Waals surface area contributed by atoms with Crippen LogP contribution < -0.4 is 5.32 Å². The summed E-state index contributed by atoms with van der Waals surface area (Å²) in [5, 5.41) is 43.8. The van der Waals surface area contributed by atoms with Crippen LogP contribution in [0.25, 0.3) is 0 Å². The first-order valence-corrected chi connectivity index (χ1v) is 5.65. The molecule has 0 amide bonds. The fourth-order valence-electron chi connectivity index (χ4n) is 1.17. The summed E-state index contributed by atoms with van der Waals surface area (Å²) in [6.45, 7) is 4.82. The van der Waals surface area contributed by atoms with Gasteiger partial charge in [-0.1, -0.05) is 6.58 Å². The third kappa shape index (κ3) is 4.87. The van der Waals surface area contributed by atoms with Crippen molar-refractivity contribution in [2.45, 2.75) is 6.92 Å². The van der Waals surface area contributed by atoms with Gasteiger partial charge in [0.05, 0.1) is 28.0 Å². The van der Waals surface area contributed by atoms with Gasteiger partial charge >= 0.3 is 0 Å². The number of nitrogens with zero attached hydrogens (tertiary/aromatic N) is 4. The minimum absolute atomic E-state index is 0.225. The van der Waals surface area contributed by atoms with Gasteiger partial charge in [-0.2, -0.15) is 21.0 Å². The van der Waals surface area contributed by atoms with Crippen LogP contribution in [0.15, 0.2) is 24.3 Å². The van der Waals surface area contributed by atoms with Crippen molar-refractivity contribution in [1.82, 2.24) is 0 Å². The van der Waals surface area contributed by atoms with E-state index in [4.69, 9.17) is 26.5 Å². The van der Waals surface area contributed by atoms with Gasteiger partial charge in [-0.15, -0.1) is 0 Å². The molecule has 0 aliphatic rings. The molecule has 0 fully saturated rings. The van der Waals surface area contributed by atoms with Crippen LogP contribution in [0.2, 0.25) is 0 Å². The summed E-state index contributed by atoms with van der Waals surface area (Å²) < 4.78 is 0. The topological polar surface area (TPSA) is 131 Å². The lowest BCUT2D eigenvalue weighted by Gasteiger charge is -2.03. The molecule has 1 aromatic carbocycles. The Balaban J connectivity index is 0.000000486. The standard InChI is InChI=1S/C10H6N4.C5H6N2/c1-14-10-3-8(5-12)7(4-11)2-9(10)6-13;1-4(3-6)5(2)7/h2-3,14H,1H3;7H,1H2,2H3. The van der Waals surface area contributed by atoms with Gasteiger partial charge in [0.15, 0.2) is 0 Å². The smallest absolute Gasteiger partial charge is 0.101 e. The Morgan fingerprint density at radius 1 is 1.05 bits per heavy atom. The van der Waals surface area contributed by atoms with Gasteiger partial charge < -0.3 is 10.7 Å². The van der Waals surface area contributed by atoms with Crippen LogP contribution in [-0.4, -0.2) is 12.8 Å². The number of nitriles is 4. The molecule has 6 nitrogen and oxygen atoms in total. The van der Waals surface area contributed by atoms with Crippen LogP contribution in [0, 0.1) is 50.7 Å². The molecule has 1 rings (SSSR count). The zero-order valence-electron chi connectivity index (χ0n) is 11.7. The van der Waals surface area contributed by atoms with Crippen molar-refractivity contribution < 1.29 is 0 Å². The van der Waals surface area contributed by atoms with Crippen LogP contribution in [0.3, 0.4) is 0 Å². The van der Waals surface area contributed by atoms with E-state index in [1.54, 1.807) is 13.1 Å². The zero-order chi connectivity index (χ0) is 16.4. The normalized spacial score (nSPS) is 7.71. The van der Waals surface area contributed by atoms with Gasteiger partial charge in [-0.3, -0.25) is 0 Å².